The van der Waals surface area contributed by atoms with Crippen LogP contribution in [0.5, 0.6) is 0 Å². The highest BCUT2D eigenvalue weighted by atomic mass is 32.1. The van der Waals surface area contributed by atoms with Gasteiger partial charge in [0.15, 0.2) is 0 Å². The van der Waals surface area contributed by atoms with E-state index in [1.165, 1.54) is 29.8 Å². The van der Waals surface area contributed by atoms with Gasteiger partial charge in [-0.05, 0) is 6.42 Å². The minimum absolute atomic E-state index is 0.340. The van der Waals surface area contributed by atoms with E-state index in [9.17, 15) is 14.9 Å². The SMILES string of the molecule is CCCNc1nnc(Cn2ccc(=O)c([N+](=O)[O-])c2)s1. The fraction of sp³-hybridized carbons (Fsp3) is 0.364. The molecule has 0 unspecified atom stereocenters. The molecule has 0 bridgehead atoms. The van der Waals surface area contributed by atoms with Gasteiger partial charge < -0.3 is 9.88 Å². The van der Waals surface area contributed by atoms with Gasteiger partial charge in [-0.3, -0.25) is 14.9 Å². The molecule has 8 nitrogen and oxygen atoms in total. The van der Waals surface area contributed by atoms with Gasteiger partial charge in [0, 0.05) is 18.8 Å². The Labute approximate surface area is 118 Å². The maximum absolute atomic E-state index is 11.3. The lowest BCUT2D eigenvalue weighted by atomic mass is 10.4. The molecule has 0 aliphatic heterocycles. The number of nitro groups is 1. The van der Waals surface area contributed by atoms with E-state index < -0.39 is 16.0 Å². The van der Waals surface area contributed by atoms with Crippen LogP contribution in [0.4, 0.5) is 10.8 Å². The van der Waals surface area contributed by atoms with E-state index in [0.717, 1.165) is 18.1 Å². The molecule has 0 aromatic carbocycles. The lowest BCUT2D eigenvalue weighted by Crippen LogP contribution is -2.11. The molecule has 2 heterocycles. The average Bonchev–Trinajstić information content (AvgIpc) is 2.86. The van der Waals surface area contributed by atoms with Crippen LogP contribution in [0.15, 0.2) is 23.3 Å². The number of pyridine rings is 1. The van der Waals surface area contributed by atoms with Gasteiger partial charge >= 0.3 is 5.69 Å². The Hall–Kier alpha value is -2.29. The zero-order valence-corrected chi connectivity index (χ0v) is 11.6. The van der Waals surface area contributed by atoms with Gasteiger partial charge in [0.05, 0.1) is 17.7 Å². The zero-order valence-electron chi connectivity index (χ0n) is 10.8. The summed E-state index contributed by atoms with van der Waals surface area (Å²) in [7, 11) is 0. The molecule has 20 heavy (non-hydrogen) atoms. The molecule has 0 saturated heterocycles. The third-order valence-electron chi connectivity index (χ3n) is 2.47. The molecular formula is C11H13N5O3S. The Morgan fingerprint density at radius 1 is 1.50 bits per heavy atom. The average molecular weight is 295 g/mol. The Bertz CT molecular complexity index is 666. The molecule has 9 heteroatoms. The van der Waals surface area contributed by atoms with Crippen molar-refractivity contribution >= 4 is 22.2 Å². The van der Waals surface area contributed by atoms with Gasteiger partial charge in [0.2, 0.25) is 5.13 Å². The first kappa shape index (κ1) is 14.1. The molecule has 0 spiro atoms. The van der Waals surface area contributed by atoms with Crippen LogP contribution >= 0.6 is 11.3 Å². The Kier molecular flexibility index (Phi) is 4.41. The molecule has 106 valence electrons. The molecule has 0 aliphatic rings. The van der Waals surface area contributed by atoms with Gasteiger partial charge in [-0.2, -0.15) is 0 Å². The molecule has 1 N–H and O–H groups in total. The van der Waals surface area contributed by atoms with Crippen molar-refractivity contribution in [1.29, 1.82) is 0 Å². The second-order valence-corrected chi connectivity index (χ2v) is 5.11. The summed E-state index contributed by atoms with van der Waals surface area (Å²) < 4.78 is 1.55. The molecule has 2 rings (SSSR count). The first-order chi connectivity index (χ1) is 9.60. The number of aromatic nitrogens is 3. The summed E-state index contributed by atoms with van der Waals surface area (Å²) in [5.74, 6) is 0. The van der Waals surface area contributed by atoms with Crippen molar-refractivity contribution in [1.82, 2.24) is 14.8 Å². The van der Waals surface area contributed by atoms with E-state index in [1.807, 2.05) is 0 Å². The molecule has 0 fully saturated rings. The lowest BCUT2D eigenvalue weighted by molar-refractivity contribution is -0.386. The quantitative estimate of drug-likeness (QED) is 0.639. The van der Waals surface area contributed by atoms with E-state index in [4.69, 9.17) is 0 Å². The van der Waals surface area contributed by atoms with Gasteiger partial charge in [0.1, 0.15) is 5.01 Å². The van der Waals surface area contributed by atoms with Crippen LogP contribution in [0.1, 0.15) is 18.4 Å². The third kappa shape index (κ3) is 3.38. The summed E-state index contributed by atoms with van der Waals surface area (Å²) in [4.78, 5) is 21.3. The standard InChI is InChI=1S/C11H13N5O3S/c1-2-4-12-11-14-13-10(20-11)7-15-5-3-9(17)8(6-15)16(18)19/h3,5-6H,2,4,7H2,1H3,(H,12,14). The van der Waals surface area contributed by atoms with Gasteiger partial charge in [0.25, 0.3) is 5.43 Å². The first-order valence-corrected chi connectivity index (χ1v) is 6.82. The lowest BCUT2D eigenvalue weighted by Gasteiger charge is -2.02. The van der Waals surface area contributed by atoms with Crippen LogP contribution in [0.25, 0.3) is 0 Å². The minimum atomic E-state index is -0.687. The van der Waals surface area contributed by atoms with Crippen molar-refractivity contribution in [2.75, 3.05) is 11.9 Å². The van der Waals surface area contributed by atoms with Gasteiger partial charge in [-0.25, -0.2) is 0 Å². The predicted molar refractivity (Wildman–Crippen MR) is 75.1 cm³/mol. The Morgan fingerprint density at radius 2 is 2.30 bits per heavy atom. The van der Waals surface area contributed by atoms with Crippen molar-refractivity contribution in [2.45, 2.75) is 19.9 Å². The normalized spacial score (nSPS) is 10.4. The number of nitrogens with one attached hydrogen (secondary N) is 1. The van der Waals surface area contributed by atoms with E-state index in [-0.39, 0.29) is 0 Å². The van der Waals surface area contributed by atoms with Crippen LogP contribution < -0.4 is 10.7 Å². The summed E-state index contributed by atoms with van der Waals surface area (Å²) in [6, 6.07) is 1.18. The smallest absolute Gasteiger partial charge is 0.332 e. The van der Waals surface area contributed by atoms with E-state index in [2.05, 4.69) is 22.4 Å². The first-order valence-electron chi connectivity index (χ1n) is 6.01. The van der Waals surface area contributed by atoms with E-state index >= 15 is 0 Å². The van der Waals surface area contributed by atoms with Crippen molar-refractivity contribution < 1.29 is 4.92 Å². The molecule has 0 atom stereocenters. The summed E-state index contributed by atoms with van der Waals surface area (Å²) in [6.07, 6.45) is 3.69. The highest BCUT2D eigenvalue weighted by molar-refractivity contribution is 7.15. The van der Waals surface area contributed by atoms with Crippen molar-refractivity contribution in [3.05, 3.63) is 43.8 Å². The van der Waals surface area contributed by atoms with Crippen LogP contribution in [-0.2, 0) is 6.54 Å². The van der Waals surface area contributed by atoms with Crippen LogP contribution in [0, 0.1) is 10.1 Å². The minimum Gasteiger partial charge on any atom is -0.360 e. The maximum atomic E-state index is 11.3. The molecule has 0 aliphatic carbocycles. The monoisotopic (exact) mass is 295 g/mol. The fourth-order valence-corrected chi connectivity index (χ4v) is 2.30. The summed E-state index contributed by atoms with van der Waals surface area (Å²) in [6.45, 7) is 3.21. The molecule has 0 radical (unpaired) electrons. The van der Waals surface area contributed by atoms with E-state index in [0.29, 0.717) is 11.6 Å². The third-order valence-corrected chi connectivity index (χ3v) is 3.33. The Balaban J connectivity index is 2.13. The molecular weight excluding hydrogens is 282 g/mol. The van der Waals surface area contributed by atoms with Crippen LogP contribution in [0.3, 0.4) is 0 Å². The molecule has 0 saturated carbocycles. The predicted octanol–water partition coefficient (Wildman–Crippen LogP) is 1.48. The zero-order chi connectivity index (χ0) is 14.5. The highest BCUT2D eigenvalue weighted by Crippen LogP contribution is 2.16. The topological polar surface area (TPSA) is 103 Å². The fourth-order valence-electron chi connectivity index (χ4n) is 1.53. The Morgan fingerprint density at radius 3 is 3.00 bits per heavy atom. The molecule has 2 aromatic heterocycles. The van der Waals surface area contributed by atoms with Crippen molar-refractivity contribution in [3.63, 3.8) is 0 Å². The van der Waals surface area contributed by atoms with Crippen LogP contribution in [0.2, 0.25) is 0 Å². The second-order valence-electron chi connectivity index (χ2n) is 4.05. The number of anilines is 1. The number of hydrogen-bond acceptors (Lipinski definition) is 7. The van der Waals surface area contributed by atoms with Gasteiger partial charge in [-0.1, -0.05) is 18.3 Å². The summed E-state index contributed by atoms with van der Waals surface area (Å²) in [5.41, 5.74) is -1.05. The van der Waals surface area contributed by atoms with Crippen LogP contribution in [-0.4, -0.2) is 26.2 Å². The largest absolute Gasteiger partial charge is 0.360 e. The maximum Gasteiger partial charge on any atom is 0.332 e. The molecule has 2 aromatic rings. The van der Waals surface area contributed by atoms with E-state index in [1.54, 1.807) is 4.57 Å². The number of nitrogens with zero attached hydrogens (tertiary/aromatic N) is 4. The van der Waals surface area contributed by atoms with Gasteiger partial charge in [-0.15, -0.1) is 10.2 Å². The summed E-state index contributed by atoms with van der Waals surface area (Å²) >= 11 is 1.38. The second kappa shape index (κ2) is 6.24. The molecule has 0 amide bonds. The summed E-state index contributed by atoms with van der Waals surface area (Å²) in [5, 5.41) is 23.2. The number of hydrogen-bond donors (Lipinski definition) is 1. The highest BCUT2D eigenvalue weighted by Gasteiger charge is 2.12. The number of rotatable bonds is 6. The van der Waals surface area contributed by atoms with Crippen molar-refractivity contribution in [2.24, 2.45) is 0 Å². The van der Waals surface area contributed by atoms with Crippen molar-refractivity contribution in [3.8, 4) is 0 Å².